The number of nitrogens with two attached hydrogens (primary N) is 1. The quantitative estimate of drug-likeness (QED) is 0.803. The molecule has 1 fully saturated rings. The van der Waals surface area contributed by atoms with E-state index in [9.17, 15) is 0 Å². The number of hydrogen-bond donors (Lipinski definition) is 2. The number of anilines is 3. The van der Waals surface area contributed by atoms with Crippen molar-refractivity contribution < 1.29 is 4.74 Å². The molecular weight excluding hydrogens is 218 g/mol. The molecule has 1 aromatic heterocycles. The smallest absolute Gasteiger partial charge is 0.156 e. The average Bonchev–Trinajstić information content (AvgIpc) is 2.80. The Bertz CT molecular complexity index is 376. The molecule has 2 rings (SSSR count). The molecule has 0 amide bonds. The van der Waals surface area contributed by atoms with E-state index in [1.54, 1.807) is 0 Å². The van der Waals surface area contributed by atoms with Gasteiger partial charge in [-0.05, 0) is 12.8 Å². The number of nitrogen functional groups attached to an aromatic ring is 1. The van der Waals surface area contributed by atoms with E-state index >= 15 is 0 Å². The van der Waals surface area contributed by atoms with Crippen LogP contribution in [0.2, 0.25) is 0 Å². The Morgan fingerprint density at radius 3 is 3.00 bits per heavy atom. The molecule has 1 atom stereocenters. The first kappa shape index (κ1) is 11.9. The summed E-state index contributed by atoms with van der Waals surface area (Å²) in [6, 6.07) is 0. The van der Waals surface area contributed by atoms with Crippen molar-refractivity contribution in [1.82, 2.24) is 9.97 Å². The second-order valence-corrected chi connectivity index (χ2v) is 4.37. The van der Waals surface area contributed by atoms with Gasteiger partial charge in [0.05, 0.1) is 6.10 Å². The van der Waals surface area contributed by atoms with Crippen LogP contribution in [0, 0.1) is 0 Å². The molecule has 6 nitrogen and oxygen atoms in total. The van der Waals surface area contributed by atoms with Gasteiger partial charge in [-0.3, -0.25) is 0 Å². The standard InChI is InChI=1S/C11H19N5O/c1-16(2)11-9(12)10(14-7-15-11)13-6-8-4-3-5-17-8/h7-8H,3-6,12H2,1-2H3,(H,13,14,15). The van der Waals surface area contributed by atoms with Gasteiger partial charge in [-0.25, -0.2) is 9.97 Å². The molecule has 0 aromatic carbocycles. The number of nitrogens with one attached hydrogen (secondary N) is 1. The molecule has 1 aliphatic heterocycles. The zero-order valence-electron chi connectivity index (χ0n) is 10.3. The highest BCUT2D eigenvalue weighted by atomic mass is 16.5. The van der Waals surface area contributed by atoms with Gasteiger partial charge in [-0.1, -0.05) is 0 Å². The summed E-state index contributed by atoms with van der Waals surface area (Å²) >= 11 is 0. The van der Waals surface area contributed by atoms with E-state index in [1.807, 2.05) is 19.0 Å². The van der Waals surface area contributed by atoms with Crippen LogP contribution in [0.4, 0.5) is 17.3 Å². The third-order valence-corrected chi connectivity index (χ3v) is 2.81. The molecule has 3 N–H and O–H groups in total. The molecule has 0 radical (unpaired) electrons. The monoisotopic (exact) mass is 237 g/mol. The summed E-state index contributed by atoms with van der Waals surface area (Å²) in [6.45, 7) is 1.60. The molecule has 0 saturated carbocycles. The molecule has 1 aromatic rings. The van der Waals surface area contributed by atoms with Crippen LogP contribution in [0.15, 0.2) is 6.33 Å². The predicted molar refractivity (Wildman–Crippen MR) is 68.2 cm³/mol. The number of aromatic nitrogens is 2. The number of rotatable bonds is 4. The lowest BCUT2D eigenvalue weighted by atomic mass is 10.2. The van der Waals surface area contributed by atoms with E-state index in [1.165, 1.54) is 6.33 Å². The normalized spacial score (nSPS) is 19.3. The van der Waals surface area contributed by atoms with E-state index in [4.69, 9.17) is 10.5 Å². The lowest BCUT2D eigenvalue weighted by Crippen LogP contribution is -2.21. The Balaban J connectivity index is 2.02. The predicted octanol–water partition coefficient (Wildman–Crippen LogP) is 0.716. The fourth-order valence-electron chi connectivity index (χ4n) is 1.90. The number of nitrogens with zero attached hydrogens (tertiary/aromatic N) is 3. The van der Waals surface area contributed by atoms with Crippen LogP contribution in [-0.2, 0) is 4.74 Å². The zero-order chi connectivity index (χ0) is 12.3. The topological polar surface area (TPSA) is 76.3 Å². The van der Waals surface area contributed by atoms with Crippen molar-refractivity contribution in [3.8, 4) is 0 Å². The highest BCUT2D eigenvalue weighted by molar-refractivity contribution is 5.74. The van der Waals surface area contributed by atoms with Gasteiger partial charge >= 0.3 is 0 Å². The molecule has 1 saturated heterocycles. The van der Waals surface area contributed by atoms with Crippen LogP contribution < -0.4 is 16.0 Å². The molecule has 2 heterocycles. The second-order valence-electron chi connectivity index (χ2n) is 4.37. The first-order valence-corrected chi connectivity index (χ1v) is 5.81. The Kier molecular flexibility index (Phi) is 3.63. The van der Waals surface area contributed by atoms with Crippen molar-refractivity contribution in [3.05, 3.63) is 6.33 Å². The maximum Gasteiger partial charge on any atom is 0.156 e. The third-order valence-electron chi connectivity index (χ3n) is 2.81. The minimum atomic E-state index is 0.271. The molecule has 17 heavy (non-hydrogen) atoms. The lowest BCUT2D eigenvalue weighted by Gasteiger charge is -2.17. The van der Waals surface area contributed by atoms with Crippen LogP contribution >= 0.6 is 0 Å². The minimum absolute atomic E-state index is 0.271. The van der Waals surface area contributed by atoms with Gasteiger partial charge in [0, 0.05) is 27.2 Å². The van der Waals surface area contributed by atoms with Gasteiger partial charge in [0.2, 0.25) is 0 Å². The summed E-state index contributed by atoms with van der Waals surface area (Å²) in [5.41, 5.74) is 6.58. The first-order chi connectivity index (χ1) is 8.18. The Hall–Kier alpha value is -1.56. The molecule has 6 heteroatoms. The van der Waals surface area contributed by atoms with E-state index < -0.39 is 0 Å². The Morgan fingerprint density at radius 1 is 1.53 bits per heavy atom. The largest absolute Gasteiger partial charge is 0.393 e. The molecule has 1 aliphatic rings. The van der Waals surface area contributed by atoms with E-state index in [-0.39, 0.29) is 6.10 Å². The highest BCUT2D eigenvalue weighted by Gasteiger charge is 2.16. The molecule has 0 spiro atoms. The Morgan fingerprint density at radius 2 is 2.35 bits per heavy atom. The fraction of sp³-hybridized carbons (Fsp3) is 0.636. The van der Waals surface area contributed by atoms with E-state index in [2.05, 4.69) is 15.3 Å². The molecule has 0 aliphatic carbocycles. The van der Waals surface area contributed by atoms with Crippen molar-refractivity contribution >= 4 is 17.3 Å². The van der Waals surface area contributed by atoms with Crippen LogP contribution in [0.3, 0.4) is 0 Å². The Labute approximate surface area is 101 Å². The van der Waals surface area contributed by atoms with Crippen LogP contribution in [-0.4, -0.2) is 43.3 Å². The minimum Gasteiger partial charge on any atom is -0.393 e. The van der Waals surface area contributed by atoms with Crippen LogP contribution in [0.5, 0.6) is 0 Å². The summed E-state index contributed by atoms with van der Waals surface area (Å²) in [5, 5.41) is 3.22. The van der Waals surface area contributed by atoms with Crippen LogP contribution in [0.1, 0.15) is 12.8 Å². The maximum absolute atomic E-state index is 6.00. The van der Waals surface area contributed by atoms with Crippen molar-refractivity contribution in [3.63, 3.8) is 0 Å². The SMILES string of the molecule is CN(C)c1ncnc(NCC2CCCO2)c1N. The third kappa shape index (κ3) is 2.76. The van der Waals surface area contributed by atoms with Crippen molar-refractivity contribution in [2.45, 2.75) is 18.9 Å². The first-order valence-electron chi connectivity index (χ1n) is 5.81. The van der Waals surface area contributed by atoms with Gasteiger partial charge in [-0.2, -0.15) is 0 Å². The van der Waals surface area contributed by atoms with Gasteiger partial charge in [-0.15, -0.1) is 0 Å². The van der Waals surface area contributed by atoms with Crippen molar-refractivity contribution in [2.24, 2.45) is 0 Å². The zero-order valence-corrected chi connectivity index (χ0v) is 10.3. The van der Waals surface area contributed by atoms with E-state index in [0.717, 1.165) is 31.8 Å². The van der Waals surface area contributed by atoms with Gasteiger partial charge in [0.1, 0.15) is 12.0 Å². The average molecular weight is 237 g/mol. The lowest BCUT2D eigenvalue weighted by molar-refractivity contribution is 0.120. The number of hydrogen-bond acceptors (Lipinski definition) is 6. The summed E-state index contributed by atoms with van der Waals surface area (Å²) < 4.78 is 5.54. The van der Waals surface area contributed by atoms with Gasteiger partial charge < -0.3 is 20.7 Å². The summed E-state index contributed by atoms with van der Waals surface area (Å²) in [5.74, 6) is 1.41. The van der Waals surface area contributed by atoms with E-state index in [0.29, 0.717) is 11.5 Å². The second kappa shape index (κ2) is 5.18. The fourth-order valence-corrected chi connectivity index (χ4v) is 1.90. The maximum atomic E-state index is 6.00. The van der Waals surface area contributed by atoms with Crippen molar-refractivity contribution in [1.29, 1.82) is 0 Å². The summed E-state index contributed by atoms with van der Waals surface area (Å²) in [4.78, 5) is 10.2. The van der Waals surface area contributed by atoms with Gasteiger partial charge in [0.25, 0.3) is 0 Å². The highest BCUT2D eigenvalue weighted by Crippen LogP contribution is 2.24. The summed E-state index contributed by atoms with van der Waals surface area (Å²) in [7, 11) is 3.81. The van der Waals surface area contributed by atoms with Gasteiger partial charge in [0.15, 0.2) is 11.6 Å². The number of ether oxygens (including phenoxy) is 1. The summed E-state index contributed by atoms with van der Waals surface area (Å²) in [6.07, 6.45) is 4.02. The molecule has 94 valence electrons. The van der Waals surface area contributed by atoms with Crippen molar-refractivity contribution in [2.75, 3.05) is 43.2 Å². The van der Waals surface area contributed by atoms with Crippen LogP contribution in [0.25, 0.3) is 0 Å². The molecule has 0 bridgehead atoms. The molecule has 1 unspecified atom stereocenters. The molecular formula is C11H19N5O.